The van der Waals surface area contributed by atoms with Crippen molar-refractivity contribution in [2.24, 2.45) is 0 Å². The number of aryl methyl sites for hydroxylation is 1. The van der Waals surface area contributed by atoms with Crippen LogP contribution in [-0.4, -0.2) is 30.8 Å². The largest absolute Gasteiger partial charge is 1.00 e. The molecular formula is C8H15IN2O. The van der Waals surface area contributed by atoms with E-state index in [0.29, 0.717) is 0 Å². The van der Waals surface area contributed by atoms with Crippen molar-refractivity contribution in [2.45, 2.75) is 13.5 Å². The topological polar surface area (TPSA) is 26.0 Å². The standard InChI is InChI=1S/C8H15N2O.HI/c1-7-5-8(11-9-7)6-10(2,3)4;/h5H,6H2,1-4H3;1H/q+1;/p-1. The average Bonchev–Trinajstić information content (AvgIpc) is 2.10. The molecule has 1 rings (SSSR count). The fourth-order valence-electron chi connectivity index (χ4n) is 0.958. The molecule has 12 heavy (non-hydrogen) atoms. The van der Waals surface area contributed by atoms with Crippen molar-refractivity contribution in [1.82, 2.24) is 5.16 Å². The summed E-state index contributed by atoms with van der Waals surface area (Å²) in [7, 11) is 6.37. The molecule has 0 saturated carbocycles. The molecule has 0 radical (unpaired) electrons. The molecule has 0 aliphatic heterocycles. The Morgan fingerprint density at radius 1 is 1.42 bits per heavy atom. The van der Waals surface area contributed by atoms with Crippen LogP contribution < -0.4 is 24.0 Å². The highest BCUT2D eigenvalue weighted by molar-refractivity contribution is 5.01. The lowest BCUT2D eigenvalue weighted by atomic mass is 10.3. The molecule has 0 spiro atoms. The van der Waals surface area contributed by atoms with E-state index < -0.39 is 0 Å². The Labute approximate surface area is 90.3 Å². The van der Waals surface area contributed by atoms with E-state index in [1.165, 1.54) is 0 Å². The van der Waals surface area contributed by atoms with Crippen LogP contribution in [0.25, 0.3) is 0 Å². The molecule has 0 atom stereocenters. The van der Waals surface area contributed by atoms with Gasteiger partial charge in [0, 0.05) is 6.07 Å². The first kappa shape index (κ1) is 11.9. The maximum absolute atomic E-state index is 5.07. The lowest BCUT2D eigenvalue weighted by Gasteiger charge is -2.21. The highest BCUT2D eigenvalue weighted by Gasteiger charge is 2.11. The molecule has 0 saturated heterocycles. The summed E-state index contributed by atoms with van der Waals surface area (Å²) < 4.78 is 5.94. The van der Waals surface area contributed by atoms with E-state index in [1.54, 1.807) is 0 Å². The van der Waals surface area contributed by atoms with Gasteiger partial charge < -0.3 is 33.0 Å². The summed E-state index contributed by atoms with van der Waals surface area (Å²) in [6.45, 7) is 2.82. The molecule has 0 N–H and O–H groups in total. The quantitative estimate of drug-likeness (QED) is 0.472. The number of hydrogen-bond acceptors (Lipinski definition) is 2. The second-order valence-corrected chi connectivity index (χ2v) is 3.88. The highest BCUT2D eigenvalue weighted by atomic mass is 127. The number of halogens is 1. The second-order valence-electron chi connectivity index (χ2n) is 3.88. The molecule has 0 aliphatic rings. The van der Waals surface area contributed by atoms with Crippen molar-refractivity contribution < 1.29 is 33.0 Å². The van der Waals surface area contributed by atoms with Gasteiger partial charge in [0.1, 0.15) is 6.54 Å². The van der Waals surface area contributed by atoms with Gasteiger partial charge in [-0.3, -0.25) is 0 Å². The number of rotatable bonds is 2. The lowest BCUT2D eigenvalue weighted by molar-refractivity contribution is -0.885. The fourth-order valence-corrected chi connectivity index (χ4v) is 0.958. The molecule has 0 aliphatic carbocycles. The SMILES string of the molecule is Cc1cc(C[N+](C)(C)C)on1.[I-]. The number of aromatic nitrogens is 1. The molecule has 70 valence electrons. The Kier molecular flexibility index (Phi) is 4.19. The third-order valence-electron chi connectivity index (χ3n) is 1.31. The summed E-state index contributed by atoms with van der Waals surface area (Å²) in [4.78, 5) is 0. The van der Waals surface area contributed by atoms with Gasteiger partial charge in [-0.2, -0.15) is 0 Å². The molecule has 4 heteroatoms. The zero-order chi connectivity index (χ0) is 8.48. The zero-order valence-electron chi connectivity index (χ0n) is 7.97. The summed E-state index contributed by atoms with van der Waals surface area (Å²) in [5, 5.41) is 3.82. The van der Waals surface area contributed by atoms with Crippen LogP contribution in [0.2, 0.25) is 0 Å². The van der Waals surface area contributed by atoms with Crippen LogP contribution in [-0.2, 0) is 6.54 Å². The van der Waals surface area contributed by atoms with Crippen molar-refractivity contribution in [1.29, 1.82) is 0 Å². The molecule has 1 heterocycles. The van der Waals surface area contributed by atoms with Gasteiger partial charge in [-0.25, -0.2) is 0 Å². The van der Waals surface area contributed by atoms with Gasteiger partial charge in [-0.1, -0.05) is 5.16 Å². The minimum Gasteiger partial charge on any atom is -1.00 e. The van der Waals surface area contributed by atoms with Gasteiger partial charge in [-0.05, 0) is 6.92 Å². The smallest absolute Gasteiger partial charge is 0.191 e. The van der Waals surface area contributed by atoms with E-state index >= 15 is 0 Å². The molecule has 0 fully saturated rings. The number of quaternary nitrogens is 1. The van der Waals surface area contributed by atoms with Crippen LogP contribution in [0.15, 0.2) is 10.6 Å². The van der Waals surface area contributed by atoms with Crippen molar-refractivity contribution >= 4 is 0 Å². The first-order valence-corrected chi connectivity index (χ1v) is 3.70. The maximum Gasteiger partial charge on any atom is 0.191 e. The molecule has 1 aromatic rings. The van der Waals surface area contributed by atoms with Crippen LogP contribution in [0.4, 0.5) is 0 Å². The Balaban J connectivity index is 0.00000121. The average molecular weight is 282 g/mol. The Hall–Kier alpha value is -0.100. The molecular weight excluding hydrogens is 267 g/mol. The van der Waals surface area contributed by atoms with Crippen molar-refractivity contribution in [3.05, 3.63) is 17.5 Å². The highest BCUT2D eigenvalue weighted by Crippen LogP contribution is 2.07. The summed E-state index contributed by atoms with van der Waals surface area (Å²) in [6.07, 6.45) is 0. The fraction of sp³-hybridized carbons (Fsp3) is 0.625. The van der Waals surface area contributed by atoms with E-state index in [1.807, 2.05) is 13.0 Å². The van der Waals surface area contributed by atoms with Crippen LogP contribution in [0.5, 0.6) is 0 Å². The van der Waals surface area contributed by atoms with Gasteiger partial charge in [0.05, 0.1) is 26.8 Å². The lowest BCUT2D eigenvalue weighted by Crippen LogP contribution is -3.00. The van der Waals surface area contributed by atoms with Crippen LogP contribution >= 0.6 is 0 Å². The molecule has 0 bridgehead atoms. The third-order valence-corrected chi connectivity index (χ3v) is 1.31. The minimum atomic E-state index is 0. The van der Waals surface area contributed by atoms with Gasteiger partial charge in [0.2, 0.25) is 0 Å². The summed E-state index contributed by atoms with van der Waals surface area (Å²) in [5.41, 5.74) is 0.952. The monoisotopic (exact) mass is 282 g/mol. The third kappa shape index (κ3) is 4.06. The molecule has 0 aromatic carbocycles. The van der Waals surface area contributed by atoms with Crippen molar-refractivity contribution in [3.8, 4) is 0 Å². The van der Waals surface area contributed by atoms with Crippen LogP contribution in [0.3, 0.4) is 0 Å². The van der Waals surface area contributed by atoms with E-state index in [9.17, 15) is 0 Å². The predicted octanol–water partition coefficient (Wildman–Crippen LogP) is -1.81. The molecule has 3 nitrogen and oxygen atoms in total. The van der Waals surface area contributed by atoms with Gasteiger partial charge in [-0.15, -0.1) is 0 Å². The second kappa shape index (κ2) is 4.23. The van der Waals surface area contributed by atoms with E-state index in [0.717, 1.165) is 22.5 Å². The Morgan fingerprint density at radius 2 is 2.00 bits per heavy atom. The summed E-state index contributed by atoms with van der Waals surface area (Å²) in [6, 6.07) is 1.98. The van der Waals surface area contributed by atoms with Gasteiger partial charge in [0.15, 0.2) is 5.76 Å². The zero-order valence-corrected chi connectivity index (χ0v) is 10.1. The van der Waals surface area contributed by atoms with Crippen LogP contribution in [0.1, 0.15) is 11.5 Å². The summed E-state index contributed by atoms with van der Waals surface area (Å²) in [5.74, 6) is 0.954. The van der Waals surface area contributed by atoms with E-state index in [-0.39, 0.29) is 24.0 Å². The maximum atomic E-state index is 5.07. The van der Waals surface area contributed by atoms with Crippen molar-refractivity contribution in [3.63, 3.8) is 0 Å². The Bertz CT molecular complexity index is 239. The van der Waals surface area contributed by atoms with Gasteiger partial charge >= 0.3 is 0 Å². The molecule has 0 unspecified atom stereocenters. The number of nitrogens with zero attached hydrogens (tertiary/aromatic N) is 2. The minimum absolute atomic E-state index is 0. The number of hydrogen-bond donors (Lipinski definition) is 0. The predicted molar refractivity (Wildman–Crippen MR) is 43.0 cm³/mol. The Morgan fingerprint density at radius 3 is 2.33 bits per heavy atom. The van der Waals surface area contributed by atoms with E-state index in [4.69, 9.17) is 4.52 Å². The first-order chi connectivity index (χ1) is 4.97. The molecule has 0 amide bonds. The first-order valence-electron chi connectivity index (χ1n) is 3.70. The van der Waals surface area contributed by atoms with Crippen molar-refractivity contribution in [2.75, 3.05) is 21.1 Å². The molecule has 1 aromatic heterocycles. The normalized spacial score (nSPS) is 11.0. The summed E-state index contributed by atoms with van der Waals surface area (Å²) >= 11 is 0. The van der Waals surface area contributed by atoms with E-state index in [2.05, 4.69) is 26.3 Å². The van der Waals surface area contributed by atoms with Gasteiger partial charge in [0.25, 0.3) is 0 Å². The van der Waals surface area contributed by atoms with Crippen LogP contribution in [0, 0.1) is 6.92 Å².